The zero-order valence-electron chi connectivity index (χ0n) is 20.5. The van der Waals surface area contributed by atoms with Crippen LogP contribution in [0.1, 0.15) is 33.3 Å². The molecule has 1 aromatic rings. The fraction of sp³-hybridized carbons (Fsp3) is 0.524. The summed E-state index contributed by atoms with van der Waals surface area (Å²) in [5.74, 6) is -1.82. The number of sulfonamides is 2. The molecule has 192 valence electrons. The topological polar surface area (TPSA) is 139 Å². The van der Waals surface area contributed by atoms with E-state index in [0.29, 0.717) is 0 Å². The number of nitrogens with zero attached hydrogens (tertiary/aromatic N) is 2. The molecular weight excluding hydrogens is 486 g/mol. The second-order valence-corrected chi connectivity index (χ2v) is 10.8. The Morgan fingerprint density at radius 2 is 1.38 bits per heavy atom. The third-order valence-corrected chi connectivity index (χ3v) is 9.17. The molecule has 0 saturated carbocycles. The minimum Gasteiger partial charge on any atom is -0.466 e. The number of methoxy groups -OCH3 is 2. The van der Waals surface area contributed by atoms with Gasteiger partial charge in [0, 0.05) is 26.2 Å². The molecule has 34 heavy (non-hydrogen) atoms. The molecule has 11 nitrogen and oxygen atoms in total. The van der Waals surface area contributed by atoms with E-state index in [1.165, 1.54) is 17.3 Å². The van der Waals surface area contributed by atoms with Gasteiger partial charge in [-0.3, -0.25) is 0 Å². The van der Waals surface area contributed by atoms with Gasteiger partial charge < -0.3 is 14.8 Å². The van der Waals surface area contributed by atoms with Crippen molar-refractivity contribution in [3.05, 3.63) is 29.5 Å². The van der Waals surface area contributed by atoms with Gasteiger partial charge >= 0.3 is 11.9 Å². The molecule has 0 spiro atoms. The smallest absolute Gasteiger partial charge is 0.354 e. The van der Waals surface area contributed by atoms with E-state index in [4.69, 9.17) is 0 Å². The first-order chi connectivity index (χ1) is 15.8. The Bertz CT molecular complexity index is 1140. The van der Waals surface area contributed by atoms with Crippen LogP contribution in [0.4, 0.5) is 5.69 Å². The Morgan fingerprint density at radius 3 is 1.82 bits per heavy atom. The van der Waals surface area contributed by atoms with Crippen molar-refractivity contribution in [1.29, 1.82) is 0 Å². The van der Waals surface area contributed by atoms with Crippen molar-refractivity contribution in [2.75, 3.05) is 45.7 Å². The van der Waals surface area contributed by atoms with E-state index >= 15 is 0 Å². The molecule has 13 heteroatoms. The molecule has 0 heterocycles. The lowest BCUT2D eigenvalue weighted by atomic mass is 10.2. The standard InChI is InChI=1S/C21H33N3O8S2/c1-8-23(9-2)33(27,28)16-12-15(5)20(18(13-16)34(29,30)24(10-3)11-4)22-17(21(26)32-7)14-19(25)31-6/h12-14,22H,8-11H2,1-7H3/b17-14+. The summed E-state index contributed by atoms with van der Waals surface area (Å²) in [6, 6.07) is 2.37. The van der Waals surface area contributed by atoms with Crippen molar-refractivity contribution >= 4 is 37.7 Å². The monoisotopic (exact) mass is 519 g/mol. The van der Waals surface area contributed by atoms with Crippen LogP contribution in [0, 0.1) is 6.92 Å². The van der Waals surface area contributed by atoms with E-state index in [2.05, 4.69) is 14.8 Å². The van der Waals surface area contributed by atoms with Gasteiger partial charge in [0.25, 0.3) is 0 Å². The highest BCUT2D eigenvalue weighted by molar-refractivity contribution is 7.90. The molecule has 0 bridgehead atoms. The molecule has 0 atom stereocenters. The molecule has 0 aromatic heterocycles. The Balaban J connectivity index is 3.97. The van der Waals surface area contributed by atoms with Crippen molar-refractivity contribution in [2.24, 2.45) is 0 Å². The van der Waals surface area contributed by atoms with E-state index in [9.17, 15) is 26.4 Å². The van der Waals surface area contributed by atoms with Crippen molar-refractivity contribution in [2.45, 2.75) is 44.4 Å². The summed E-state index contributed by atoms with van der Waals surface area (Å²) in [5, 5.41) is 2.65. The zero-order valence-corrected chi connectivity index (χ0v) is 22.2. The molecule has 0 fully saturated rings. The van der Waals surface area contributed by atoms with E-state index in [-0.39, 0.29) is 52.9 Å². The van der Waals surface area contributed by atoms with Crippen LogP contribution < -0.4 is 5.32 Å². The van der Waals surface area contributed by atoms with Crippen LogP contribution in [-0.4, -0.2) is 77.8 Å². The maximum absolute atomic E-state index is 13.5. The van der Waals surface area contributed by atoms with Crippen LogP contribution in [-0.2, 0) is 39.1 Å². The molecule has 0 radical (unpaired) electrons. The summed E-state index contributed by atoms with van der Waals surface area (Å²) in [6.45, 7) is 8.81. The van der Waals surface area contributed by atoms with E-state index in [0.717, 1.165) is 30.7 Å². The normalized spacial score (nSPS) is 12.7. The summed E-state index contributed by atoms with van der Waals surface area (Å²) in [6.07, 6.45) is 0.819. The molecule has 1 aromatic carbocycles. The third kappa shape index (κ3) is 6.34. The van der Waals surface area contributed by atoms with Gasteiger partial charge in [-0.1, -0.05) is 27.7 Å². The van der Waals surface area contributed by atoms with Gasteiger partial charge in [-0.05, 0) is 24.6 Å². The molecule has 1 N–H and O–H groups in total. The second kappa shape index (κ2) is 12.3. The predicted molar refractivity (Wildman–Crippen MR) is 127 cm³/mol. The highest BCUT2D eigenvalue weighted by atomic mass is 32.2. The number of hydrogen-bond acceptors (Lipinski definition) is 9. The van der Waals surface area contributed by atoms with E-state index in [1.807, 2.05) is 0 Å². The largest absolute Gasteiger partial charge is 0.466 e. The molecule has 1 rings (SSSR count). The van der Waals surface area contributed by atoms with Crippen molar-refractivity contribution < 1.29 is 35.9 Å². The lowest BCUT2D eigenvalue weighted by molar-refractivity contribution is -0.138. The van der Waals surface area contributed by atoms with Crippen LogP contribution >= 0.6 is 0 Å². The Morgan fingerprint density at radius 1 is 0.882 bits per heavy atom. The molecule has 0 aliphatic rings. The first-order valence-corrected chi connectivity index (χ1v) is 13.5. The van der Waals surface area contributed by atoms with Gasteiger partial charge in [-0.25, -0.2) is 26.4 Å². The minimum atomic E-state index is -4.20. The number of carbonyl (C=O) groups is 2. The number of benzene rings is 1. The van der Waals surface area contributed by atoms with Crippen LogP contribution in [0.5, 0.6) is 0 Å². The number of nitrogens with one attached hydrogen (secondary N) is 1. The number of esters is 2. The number of carbonyl (C=O) groups excluding carboxylic acids is 2. The van der Waals surface area contributed by atoms with Crippen LogP contribution in [0.2, 0.25) is 0 Å². The third-order valence-electron chi connectivity index (χ3n) is 5.07. The van der Waals surface area contributed by atoms with Crippen molar-refractivity contribution in [3.8, 4) is 0 Å². The number of rotatable bonds is 12. The Hall–Kier alpha value is -2.48. The number of aryl methyl sites for hydroxylation is 1. The fourth-order valence-electron chi connectivity index (χ4n) is 3.22. The average Bonchev–Trinajstić information content (AvgIpc) is 2.79. The van der Waals surface area contributed by atoms with Gasteiger partial charge in [-0.15, -0.1) is 0 Å². The lowest BCUT2D eigenvalue weighted by Gasteiger charge is -2.24. The van der Waals surface area contributed by atoms with Gasteiger partial charge in [0.1, 0.15) is 10.6 Å². The maximum Gasteiger partial charge on any atom is 0.354 e. The van der Waals surface area contributed by atoms with Gasteiger partial charge in [0.05, 0.1) is 30.9 Å². The summed E-state index contributed by atoms with van der Waals surface area (Å²) in [7, 11) is -5.98. The highest BCUT2D eigenvalue weighted by Gasteiger charge is 2.31. The van der Waals surface area contributed by atoms with Gasteiger partial charge in [0.2, 0.25) is 20.0 Å². The van der Waals surface area contributed by atoms with Crippen LogP contribution in [0.25, 0.3) is 0 Å². The number of anilines is 1. The lowest BCUT2D eigenvalue weighted by Crippen LogP contribution is -2.33. The zero-order chi connectivity index (χ0) is 26.3. The summed E-state index contributed by atoms with van der Waals surface area (Å²) >= 11 is 0. The quantitative estimate of drug-likeness (QED) is 0.323. The number of hydrogen-bond donors (Lipinski definition) is 1. The van der Waals surface area contributed by atoms with Crippen molar-refractivity contribution in [3.63, 3.8) is 0 Å². The summed E-state index contributed by atoms with van der Waals surface area (Å²) in [5.41, 5.74) is -0.225. The molecule has 0 amide bonds. The highest BCUT2D eigenvalue weighted by Crippen LogP contribution is 2.33. The molecule has 0 saturated heterocycles. The van der Waals surface area contributed by atoms with Gasteiger partial charge in [0.15, 0.2) is 0 Å². The molecular formula is C21H33N3O8S2. The van der Waals surface area contributed by atoms with E-state index < -0.39 is 32.0 Å². The predicted octanol–water partition coefficient (Wildman–Crippen LogP) is 1.70. The second-order valence-electron chi connectivity index (χ2n) is 6.99. The van der Waals surface area contributed by atoms with Crippen LogP contribution in [0.3, 0.4) is 0 Å². The molecule has 0 aliphatic heterocycles. The van der Waals surface area contributed by atoms with E-state index in [1.54, 1.807) is 27.7 Å². The van der Waals surface area contributed by atoms with Crippen molar-refractivity contribution in [1.82, 2.24) is 8.61 Å². The minimum absolute atomic E-state index is 0.0639. The average molecular weight is 520 g/mol. The molecule has 0 unspecified atom stereocenters. The fourth-order valence-corrected chi connectivity index (χ4v) is 6.57. The summed E-state index contributed by atoms with van der Waals surface area (Å²) in [4.78, 5) is 23.5. The Kier molecular flexibility index (Phi) is 10.7. The first-order valence-electron chi connectivity index (χ1n) is 10.6. The Labute approximate surface area is 201 Å². The number of ether oxygens (including phenoxy) is 2. The first kappa shape index (κ1) is 29.6. The van der Waals surface area contributed by atoms with Gasteiger partial charge in [-0.2, -0.15) is 8.61 Å². The maximum atomic E-state index is 13.5. The molecule has 0 aliphatic carbocycles. The SMILES string of the molecule is CCN(CC)S(=O)(=O)c1cc(C)c(N/C(=C/C(=O)OC)C(=O)OC)c(S(=O)(=O)N(CC)CC)c1. The van der Waals surface area contributed by atoms with Crippen LogP contribution in [0.15, 0.2) is 33.7 Å². The summed E-state index contributed by atoms with van der Waals surface area (Å²) < 4.78 is 64.9.